The second-order valence-corrected chi connectivity index (χ2v) is 5.52. The maximum Gasteiger partial charge on any atom is 0.365 e. The van der Waals surface area contributed by atoms with Gasteiger partial charge in [0.05, 0.1) is 18.2 Å². The van der Waals surface area contributed by atoms with E-state index in [0.29, 0.717) is 16.9 Å². The van der Waals surface area contributed by atoms with Crippen molar-refractivity contribution in [2.75, 3.05) is 13.9 Å². The summed E-state index contributed by atoms with van der Waals surface area (Å²) in [4.78, 5) is 12.1. The smallest absolute Gasteiger partial charge is 0.365 e. The Morgan fingerprint density at radius 1 is 1.13 bits per heavy atom. The quantitative estimate of drug-likeness (QED) is 0.727. The zero-order valence-corrected chi connectivity index (χ0v) is 12.1. The van der Waals surface area contributed by atoms with Crippen molar-refractivity contribution in [2.45, 2.75) is 17.5 Å². The molecule has 3 atom stereocenters. The number of hydrogen-bond donors (Lipinski definition) is 0. The van der Waals surface area contributed by atoms with Crippen molar-refractivity contribution >= 4 is 5.97 Å². The summed E-state index contributed by atoms with van der Waals surface area (Å²) in [6.45, 7) is -0.0243. The van der Waals surface area contributed by atoms with Gasteiger partial charge in [-0.25, -0.2) is 4.79 Å². The van der Waals surface area contributed by atoms with Gasteiger partial charge in [0.15, 0.2) is 6.79 Å². The molecule has 0 radical (unpaired) electrons. The number of carbonyl (C=O) groups excluding carboxylic acids is 1. The second kappa shape index (κ2) is 4.01. The fourth-order valence-corrected chi connectivity index (χ4v) is 3.26. The minimum absolute atomic E-state index is 0.0243. The predicted molar refractivity (Wildman–Crippen MR) is 72.4 cm³/mol. The Bertz CT molecular complexity index is 784. The van der Waals surface area contributed by atoms with E-state index in [1.165, 1.54) is 7.11 Å². The second-order valence-electron chi connectivity index (χ2n) is 5.52. The van der Waals surface area contributed by atoms with E-state index in [2.05, 4.69) is 0 Å². The lowest BCUT2D eigenvalue weighted by atomic mass is 10.00. The van der Waals surface area contributed by atoms with Crippen LogP contribution in [0.2, 0.25) is 0 Å². The molecule has 2 fully saturated rings. The van der Waals surface area contributed by atoms with E-state index in [1.807, 2.05) is 0 Å². The van der Waals surface area contributed by atoms with Gasteiger partial charge in [-0.2, -0.15) is 0 Å². The maximum atomic E-state index is 12.1. The lowest BCUT2D eigenvalue weighted by Gasteiger charge is -2.30. The van der Waals surface area contributed by atoms with Crippen LogP contribution in [0, 0.1) is 0 Å². The van der Waals surface area contributed by atoms with Crippen LogP contribution < -0.4 is 0 Å². The molecule has 23 heavy (non-hydrogen) atoms. The van der Waals surface area contributed by atoms with Crippen LogP contribution in [0.3, 0.4) is 0 Å². The van der Waals surface area contributed by atoms with Crippen LogP contribution in [0.5, 0.6) is 0 Å². The molecule has 0 bridgehead atoms. The molecule has 7 heteroatoms. The topological polar surface area (TPSA) is 72.5 Å². The molecule has 4 aliphatic rings. The van der Waals surface area contributed by atoms with E-state index in [9.17, 15) is 4.79 Å². The minimum Gasteiger partial charge on any atom is -0.497 e. The van der Waals surface area contributed by atoms with E-state index in [-0.39, 0.29) is 6.79 Å². The molecule has 1 aromatic rings. The van der Waals surface area contributed by atoms with Crippen LogP contribution in [-0.4, -0.2) is 31.4 Å². The number of fused-ring (bicyclic) bond motifs is 2. The Hall–Kier alpha value is -2.19. The lowest BCUT2D eigenvalue weighted by Crippen LogP contribution is -2.48. The monoisotopic (exact) mass is 316 g/mol. The third-order valence-electron chi connectivity index (χ3n) is 4.34. The van der Waals surface area contributed by atoms with E-state index in [0.717, 1.165) is 0 Å². The number of carbonyl (C=O) groups is 1. The number of ether oxygens (including phenoxy) is 6. The van der Waals surface area contributed by atoms with Crippen molar-refractivity contribution in [1.82, 2.24) is 0 Å². The summed E-state index contributed by atoms with van der Waals surface area (Å²) in [5.41, 5.74) is 0.866. The average molecular weight is 316 g/mol. The van der Waals surface area contributed by atoms with Gasteiger partial charge in [-0.15, -0.1) is 0 Å². The molecule has 1 aromatic carbocycles. The Morgan fingerprint density at radius 3 is 2.78 bits per heavy atom. The van der Waals surface area contributed by atoms with Crippen LogP contribution in [0.4, 0.5) is 0 Å². The highest BCUT2D eigenvalue weighted by Gasteiger charge is 2.75. The van der Waals surface area contributed by atoms with E-state index in [1.54, 1.807) is 42.5 Å². The molecule has 0 saturated carbocycles. The Balaban J connectivity index is 1.68. The Kier molecular flexibility index (Phi) is 2.31. The van der Waals surface area contributed by atoms with Gasteiger partial charge in [0, 0.05) is 6.08 Å². The molecular formula is C16H12O7. The molecule has 0 N–H and O–H groups in total. The molecule has 0 aromatic heterocycles. The zero-order chi connectivity index (χ0) is 15.7. The van der Waals surface area contributed by atoms with Crippen molar-refractivity contribution in [3.05, 3.63) is 59.4 Å². The fourth-order valence-electron chi connectivity index (χ4n) is 3.26. The third kappa shape index (κ3) is 1.45. The van der Waals surface area contributed by atoms with Gasteiger partial charge in [0.2, 0.25) is 0 Å². The van der Waals surface area contributed by atoms with E-state index >= 15 is 0 Å². The van der Waals surface area contributed by atoms with Crippen molar-refractivity contribution in [2.24, 2.45) is 0 Å². The van der Waals surface area contributed by atoms with Crippen LogP contribution in [-0.2, 0) is 34.4 Å². The number of methoxy groups -OCH3 is 1. The van der Waals surface area contributed by atoms with Crippen molar-refractivity contribution in [3.63, 3.8) is 0 Å². The first-order chi connectivity index (χ1) is 11.1. The van der Waals surface area contributed by atoms with Crippen LogP contribution in [0.15, 0.2) is 48.3 Å². The van der Waals surface area contributed by atoms with E-state index < -0.39 is 23.5 Å². The van der Waals surface area contributed by atoms with Crippen LogP contribution in [0.25, 0.3) is 0 Å². The summed E-state index contributed by atoms with van der Waals surface area (Å²) in [6.07, 6.45) is 4.95. The number of allylic oxidation sites excluding steroid dienone is 1. The summed E-state index contributed by atoms with van der Waals surface area (Å²) in [5.74, 6) is -4.43. The van der Waals surface area contributed by atoms with Gasteiger partial charge in [-0.3, -0.25) is 9.47 Å². The standard InChI is InChI=1S/C16H12O7/c1-18-10-6-7-14-15(8-10,20-9-19-14)23-16(22-14)12-5-3-2-4-11(12)13(17)21-16/h2-8H,9H2,1H3. The molecular weight excluding hydrogens is 304 g/mol. The largest absolute Gasteiger partial charge is 0.497 e. The molecule has 1 spiro atoms. The first-order valence-electron chi connectivity index (χ1n) is 7.09. The summed E-state index contributed by atoms with van der Waals surface area (Å²) >= 11 is 0. The van der Waals surface area contributed by atoms with Gasteiger partial charge in [0.25, 0.3) is 11.6 Å². The molecule has 3 aliphatic heterocycles. The van der Waals surface area contributed by atoms with Crippen molar-refractivity contribution in [3.8, 4) is 0 Å². The SMILES string of the molecule is COC1=CC23OCOC2(C=C1)OC1(OC(=O)c2ccccc21)O3. The van der Waals surface area contributed by atoms with Crippen LogP contribution in [0.1, 0.15) is 15.9 Å². The Morgan fingerprint density at radius 2 is 1.91 bits per heavy atom. The molecule has 118 valence electrons. The maximum absolute atomic E-state index is 12.1. The summed E-state index contributed by atoms with van der Waals surface area (Å²) in [6, 6.07) is 6.89. The van der Waals surface area contributed by atoms with Crippen LogP contribution >= 0.6 is 0 Å². The molecule has 5 rings (SSSR count). The van der Waals surface area contributed by atoms with Crippen molar-refractivity contribution < 1.29 is 33.2 Å². The Labute approximate surface area is 131 Å². The molecule has 3 unspecified atom stereocenters. The molecule has 7 nitrogen and oxygen atoms in total. The third-order valence-corrected chi connectivity index (χ3v) is 4.34. The average Bonchev–Trinajstić information content (AvgIpc) is 3.13. The fraction of sp³-hybridized carbons (Fsp3) is 0.312. The van der Waals surface area contributed by atoms with E-state index in [4.69, 9.17) is 28.4 Å². The summed E-state index contributed by atoms with van der Waals surface area (Å²) in [7, 11) is 1.53. The predicted octanol–water partition coefficient (Wildman–Crippen LogP) is 1.51. The first-order valence-corrected chi connectivity index (χ1v) is 7.09. The normalized spacial score (nSPS) is 39.7. The molecule has 0 amide bonds. The molecule has 1 aliphatic carbocycles. The van der Waals surface area contributed by atoms with Crippen molar-refractivity contribution in [1.29, 1.82) is 0 Å². The lowest BCUT2D eigenvalue weighted by molar-refractivity contribution is -0.369. The minimum atomic E-state index is -1.71. The summed E-state index contributed by atoms with van der Waals surface area (Å²) < 4.78 is 34.0. The van der Waals surface area contributed by atoms with Gasteiger partial charge in [0.1, 0.15) is 5.76 Å². The molecule has 2 saturated heterocycles. The summed E-state index contributed by atoms with van der Waals surface area (Å²) in [5, 5.41) is 0. The van der Waals surface area contributed by atoms with Gasteiger partial charge in [-0.05, 0) is 24.3 Å². The highest BCUT2D eigenvalue weighted by Crippen LogP contribution is 2.58. The number of benzene rings is 1. The van der Waals surface area contributed by atoms with Gasteiger partial charge < -0.3 is 18.9 Å². The first kappa shape index (κ1) is 13.3. The highest BCUT2D eigenvalue weighted by atomic mass is 17.0. The van der Waals surface area contributed by atoms with Gasteiger partial charge >= 0.3 is 11.9 Å². The number of hydrogen-bond acceptors (Lipinski definition) is 7. The zero-order valence-electron chi connectivity index (χ0n) is 12.1. The highest BCUT2D eigenvalue weighted by molar-refractivity contribution is 5.94. The number of rotatable bonds is 1. The van der Waals surface area contributed by atoms with Gasteiger partial charge in [-0.1, -0.05) is 12.1 Å². The molecule has 3 heterocycles. The number of esters is 1.